The molecule has 1 unspecified atom stereocenters. The van der Waals surface area contributed by atoms with E-state index in [2.05, 4.69) is 15.4 Å². The van der Waals surface area contributed by atoms with E-state index >= 15 is 0 Å². The van der Waals surface area contributed by atoms with Crippen LogP contribution in [0.2, 0.25) is 0 Å². The predicted molar refractivity (Wildman–Crippen MR) is 67.8 cm³/mol. The van der Waals surface area contributed by atoms with E-state index in [1.165, 1.54) is 0 Å². The molecule has 3 N–H and O–H groups in total. The second-order valence-corrected chi connectivity index (χ2v) is 6.89. The van der Waals surface area contributed by atoms with E-state index < -0.39 is 15.6 Å². The van der Waals surface area contributed by atoms with Crippen LogP contribution in [0, 0.1) is 0 Å². The highest BCUT2D eigenvalue weighted by molar-refractivity contribution is 7.88. The first kappa shape index (κ1) is 15.2. The molecule has 2 amide bonds. The van der Waals surface area contributed by atoms with Gasteiger partial charge in [0.15, 0.2) is 0 Å². The van der Waals surface area contributed by atoms with Gasteiger partial charge in [0, 0.05) is 18.7 Å². The average Bonchev–Trinajstić information content (AvgIpc) is 2.64. The molecule has 1 fully saturated rings. The highest BCUT2D eigenvalue weighted by Gasteiger charge is 2.24. The van der Waals surface area contributed by atoms with Crippen molar-refractivity contribution < 1.29 is 17.9 Å². The maximum atomic E-state index is 11.6. The van der Waals surface area contributed by atoms with Gasteiger partial charge in [-0.05, 0) is 20.3 Å². The van der Waals surface area contributed by atoms with Gasteiger partial charge in [-0.25, -0.2) is 17.9 Å². The lowest BCUT2D eigenvalue weighted by atomic mass is 10.1. The van der Waals surface area contributed by atoms with Crippen LogP contribution in [-0.4, -0.2) is 52.0 Å². The van der Waals surface area contributed by atoms with Gasteiger partial charge < -0.3 is 15.4 Å². The van der Waals surface area contributed by atoms with Gasteiger partial charge in [-0.1, -0.05) is 0 Å². The lowest BCUT2D eigenvalue weighted by molar-refractivity contribution is 0.188. The highest BCUT2D eigenvalue weighted by Crippen LogP contribution is 2.04. The Hall–Kier alpha value is -0.860. The normalized spacial score (nSPS) is 20.7. The number of carbonyl (C=O) groups is 1. The highest BCUT2D eigenvalue weighted by atomic mass is 32.2. The number of hydrogen-bond donors (Lipinski definition) is 3. The second-order valence-electron chi connectivity index (χ2n) is 5.15. The number of amides is 2. The predicted octanol–water partition coefficient (Wildman–Crippen LogP) is -0.598. The molecular weight excluding hydrogens is 258 g/mol. The third-order valence-corrected chi connectivity index (χ3v) is 3.34. The lowest BCUT2D eigenvalue weighted by Crippen LogP contribution is -2.53. The van der Waals surface area contributed by atoms with E-state index in [1.54, 1.807) is 13.8 Å². The molecule has 0 saturated carbocycles. The standard InChI is InChI=1S/C10H21N3O4S/c1-10(2,13-18(3,15)16)7-11-9(14)12-8-4-5-17-6-8/h8,13H,4-7H2,1-3H3,(H2,11,12,14). The molecule has 0 radical (unpaired) electrons. The molecule has 8 heteroatoms. The number of rotatable bonds is 5. The van der Waals surface area contributed by atoms with E-state index in [0.717, 1.165) is 12.7 Å². The fourth-order valence-electron chi connectivity index (χ4n) is 1.72. The van der Waals surface area contributed by atoms with Crippen molar-refractivity contribution in [3.05, 3.63) is 0 Å². The summed E-state index contributed by atoms with van der Waals surface area (Å²) in [6, 6.07) is -0.273. The number of carbonyl (C=O) groups excluding carboxylic acids is 1. The van der Waals surface area contributed by atoms with Crippen molar-refractivity contribution in [1.82, 2.24) is 15.4 Å². The number of nitrogens with one attached hydrogen (secondary N) is 3. The smallest absolute Gasteiger partial charge is 0.315 e. The van der Waals surface area contributed by atoms with Crippen LogP contribution in [0.3, 0.4) is 0 Å². The molecule has 1 rings (SSSR count). The summed E-state index contributed by atoms with van der Waals surface area (Å²) >= 11 is 0. The average molecular weight is 279 g/mol. The van der Waals surface area contributed by atoms with E-state index in [-0.39, 0.29) is 18.6 Å². The first-order chi connectivity index (χ1) is 8.18. The SMILES string of the molecule is CC(C)(CNC(=O)NC1CCOC1)NS(C)(=O)=O. The van der Waals surface area contributed by atoms with Crippen molar-refractivity contribution in [2.24, 2.45) is 0 Å². The molecule has 1 heterocycles. The van der Waals surface area contributed by atoms with E-state index in [0.29, 0.717) is 13.2 Å². The van der Waals surface area contributed by atoms with Gasteiger partial charge in [0.2, 0.25) is 10.0 Å². The van der Waals surface area contributed by atoms with E-state index in [1.807, 2.05) is 0 Å². The Morgan fingerprint density at radius 3 is 2.61 bits per heavy atom. The molecular formula is C10H21N3O4S. The van der Waals surface area contributed by atoms with Crippen LogP contribution in [0.15, 0.2) is 0 Å². The number of hydrogen-bond acceptors (Lipinski definition) is 4. The molecule has 1 atom stereocenters. The van der Waals surface area contributed by atoms with Gasteiger partial charge in [-0.2, -0.15) is 0 Å². The van der Waals surface area contributed by atoms with Crippen molar-refractivity contribution in [3.8, 4) is 0 Å². The molecule has 0 aromatic rings. The Balaban J connectivity index is 2.32. The Morgan fingerprint density at radius 1 is 1.44 bits per heavy atom. The van der Waals surface area contributed by atoms with Gasteiger partial charge in [0.25, 0.3) is 0 Å². The van der Waals surface area contributed by atoms with Crippen LogP contribution < -0.4 is 15.4 Å². The molecule has 0 bridgehead atoms. The van der Waals surface area contributed by atoms with Gasteiger partial charge >= 0.3 is 6.03 Å². The monoisotopic (exact) mass is 279 g/mol. The fourth-order valence-corrected chi connectivity index (χ4v) is 2.80. The Labute approximate surface area is 108 Å². The van der Waals surface area contributed by atoms with Crippen molar-refractivity contribution in [1.29, 1.82) is 0 Å². The Morgan fingerprint density at radius 2 is 2.11 bits per heavy atom. The van der Waals surface area contributed by atoms with Crippen molar-refractivity contribution >= 4 is 16.1 Å². The van der Waals surface area contributed by atoms with E-state index in [9.17, 15) is 13.2 Å². The third-order valence-electron chi connectivity index (χ3n) is 2.42. The molecule has 0 aromatic carbocycles. The number of urea groups is 1. The van der Waals surface area contributed by atoms with Crippen LogP contribution in [-0.2, 0) is 14.8 Å². The summed E-state index contributed by atoms with van der Waals surface area (Å²) in [7, 11) is -3.29. The van der Waals surface area contributed by atoms with Crippen LogP contribution >= 0.6 is 0 Å². The second kappa shape index (κ2) is 5.85. The van der Waals surface area contributed by atoms with Crippen molar-refractivity contribution in [2.75, 3.05) is 26.0 Å². The van der Waals surface area contributed by atoms with Gasteiger partial charge in [-0.15, -0.1) is 0 Å². The first-order valence-electron chi connectivity index (χ1n) is 5.79. The molecule has 0 aliphatic carbocycles. The molecule has 106 valence electrons. The summed E-state index contributed by atoms with van der Waals surface area (Å²) in [5.74, 6) is 0. The van der Waals surface area contributed by atoms with E-state index in [4.69, 9.17) is 4.74 Å². The zero-order chi connectivity index (χ0) is 13.8. The third kappa shape index (κ3) is 6.18. The Kier molecular flexibility index (Phi) is 4.94. The lowest BCUT2D eigenvalue weighted by Gasteiger charge is -2.25. The Bertz CT molecular complexity index is 388. The maximum Gasteiger partial charge on any atom is 0.315 e. The zero-order valence-electron chi connectivity index (χ0n) is 10.9. The van der Waals surface area contributed by atoms with Crippen LogP contribution in [0.25, 0.3) is 0 Å². The minimum atomic E-state index is -3.29. The molecule has 1 saturated heterocycles. The maximum absolute atomic E-state index is 11.6. The quantitative estimate of drug-likeness (QED) is 0.626. The molecule has 1 aliphatic heterocycles. The molecule has 0 spiro atoms. The summed E-state index contributed by atoms with van der Waals surface area (Å²) < 4.78 is 29.8. The summed E-state index contributed by atoms with van der Waals surface area (Å²) in [6.07, 6.45) is 1.89. The van der Waals surface area contributed by atoms with Crippen LogP contribution in [0.4, 0.5) is 4.79 Å². The minimum Gasteiger partial charge on any atom is -0.379 e. The minimum absolute atomic E-state index is 0.0379. The summed E-state index contributed by atoms with van der Waals surface area (Å²) in [6.45, 7) is 4.80. The van der Waals surface area contributed by atoms with Crippen molar-refractivity contribution in [3.63, 3.8) is 0 Å². The fraction of sp³-hybridized carbons (Fsp3) is 0.900. The van der Waals surface area contributed by atoms with Crippen LogP contribution in [0.5, 0.6) is 0 Å². The molecule has 7 nitrogen and oxygen atoms in total. The topological polar surface area (TPSA) is 96.5 Å². The largest absolute Gasteiger partial charge is 0.379 e. The zero-order valence-corrected chi connectivity index (χ0v) is 11.8. The van der Waals surface area contributed by atoms with Gasteiger partial charge in [0.05, 0.1) is 18.9 Å². The van der Waals surface area contributed by atoms with Gasteiger partial charge in [0.1, 0.15) is 0 Å². The van der Waals surface area contributed by atoms with Crippen LogP contribution in [0.1, 0.15) is 20.3 Å². The summed E-state index contributed by atoms with van der Waals surface area (Å²) in [5.41, 5.74) is -0.725. The van der Waals surface area contributed by atoms with Crippen molar-refractivity contribution in [2.45, 2.75) is 31.8 Å². The summed E-state index contributed by atoms with van der Waals surface area (Å²) in [4.78, 5) is 11.6. The summed E-state index contributed by atoms with van der Waals surface area (Å²) in [5, 5.41) is 5.40. The first-order valence-corrected chi connectivity index (χ1v) is 7.68. The van der Waals surface area contributed by atoms with Gasteiger partial charge in [-0.3, -0.25) is 0 Å². The number of ether oxygens (including phenoxy) is 1. The molecule has 0 aromatic heterocycles. The number of sulfonamides is 1. The molecule has 1 aliphatic rings. The molecule has 18 heavy (non-hydrogen) atoms.